The molecule has 1 aliphatic rings. The lowest BCUT2D eigenvalue weighted by Crippen LogP contribution is -2.35. The quantitative estimate of drug-likeness (QED) is 0.682. The number of aliphatic hydroxyl groups excluding tert-OH is 1. The van der Waals surface area contributed by atoms with Crippen LogP contribution in [0.5, 0.6) is 0 Å². The average Bonchev–Trinajstić information content (AvgIpc) is 2.49. The number of H-pyrrole nitrogens is 1. The van der Waals surface area contributed by atoms with Gasteiger partial charge in [0.05, 0.1) is 18.0 Å². The van der Waals surface area contributed by atoms with E-state index in [1.807, 2.05) is 13.1 Å². The second-order valence-corrected chi connectivity index (χ2v) is 3.71. The Kier molecular flexibility index (Phi) is 2.33. The minimum atomic E-state index is -0.246. The molecule has 72 valence electrons. The van der Waals surface area contributed by atoms with Crippen LogP contribution in [-0.2, 0) is 13.0 Å². The van der Waals surface area contributed by atoms with Crippen LogP contribution in [-0.4, -0.2) is 39.4 Å². The summed E-state index contributed by atoms with van der Waals surface area (Å²) in [6, 6.07) is 0. The van der Waals surface area contributed by atoms with Crippen molar-refractivity contribution in [3.8, 4) is 0 Å². The summed E-state index contributed by atoms with van der Waals surface area (Å²) in [7, 11) is 0. The van der Waals surface area contributed by atoms with Crippen LogP contribution in [0.1, 0.15) is 18.2 Å². The average molecular weight is 181 g/mol. The van der Waals surface area contributed by atoms with Gasteiger partial charge in [0, 0.05) is 19.6 Å². The third-order valence-electron chi connectivity index (χ3n) is 2.41. The van der Waals surface area contributed by atoms with E-state index in [1.165, 1.54) is 11.3 Å². The molecule has 4 heteroatoms. The molecule has 0 amide bonds. The monoisotopic (exact) mass is 181 g/mol. The maximum atomic E-state index is 9.24. The summed E-state index contributed by atoms with van der Waals surface area (Å²) >= 11 is 0. The highest BCUT2D eigenvalue weighted by atomic mass is 16.3. The van der Waals surface area contributed by atoms with Crippen molar-refractivity contribution in [1.29, 1.82) is 0 Å². The summed E-state index contributed by atoms with van der Waals surface area (Å²) < 4.78 is 0. The van der Waals surface area contributed by atoms with Crippen molar-refractivity contribution in [1.82, 2.24) is 15.1 Å². The Morgan fingerprint density at radius 3 is 3.38 bits per heavy atom. The number of aliphatic hydroxyl groups is 1. The number of aromatic amines is 1. The first-order valence-corrected chi connectivity index (χ1v) is 4.67. The fourth-order valence-corrected chi connectivity index (χ4v) is 1.80. The summed E-state index contributed by atoms with van der Waals surface area (Å²) in [6.07, 6.45) is 2.69. The lowest BCUT2D eigenvalue weighted by molar-refractivity contribution is 0.118. The molecule has 1 aromatic heterocycles. The summed E-state index contributed by atoms with van der Waals surface area (Å²) in [5.41, 5.74) is 2.52. The van der Waals surface area contributed by atoms with Crippen molar-refractivity contribution in [3.05, 3.63) is 17.5 Å². The molecule has 1 atom stereocenters. The fraction of sp³-hybridized carbons (Fsp3) is 0.667. The normalized spacial score (nSPS) is 19.8. The second kappa shape index (κ2) is 3.47. The zero-order chi connectivity index (χ0) is 9.26. The number of nitrogens with zero attached hydrogens (tertiary/aromatic N) is 2. The lowest BCUT2D eigenvalue weighted by Gasteiger charge is -2.27. The molecule has 1 aliphatic heterocycles. The van der Waals surface area contributed by atoms with Crippen molar-refractivity contribution < 1.29 is 5.11 Å². The van der Waals surface area contributed by atoms with Crippen LogP contribution in [0.2, 0.25) is 0 Å². The van der Waals surface area contributed by atoms with E-state index < -0.39 is 0 Å². The highest BCUT2D eigenvalue weighted by molar-refractivity contribution is 5.18. The number of nitrogens with one attached hydrogen (secondary N) is 1. The molecule has 4 nitrogen and oxygen atoms in total. The molecule has 0 spiro atoms. The molecule has 1 aromatic rings. The standard InChI is InChI=1S/C9H15N3O/c1-7(13)5-12-3-2-8-4-10-11-9(8)6-12/h4,7,13H,2-3,5-6H2,1H3,(H,10,11). The van der Waals surface area contributed by atoms with Crippen LogP contribution >= 0.6 is 0 Å². The van der Waals surface area contributed by atoms with Crippen molar-refractivity contribution in [2.24, 2.45) is 0 Å². The zero-order valence-electron chi connectivity index (χ0n) is 7.82. The van der Waals surface area contributed by atoms with Gasteiger partial charge in [-0.05, 0) is 18.9 Å². The SMILES string of the molecule is CC(O)CN1CCc2cn[nH]c2C1. The molecule has 1 unspecified atom stereocenters. The van der Waals surface area contributed by atoms with Crippen molar-refractivity contribution in [2.75, 3.05) is 13.1 Å². The van der Waals surface area contributed by atoms with Crippen LogP contribution in [0, 0.1) is 0 Å². The van der Waals surface area contributed by atoms with E-state index in [0.29, 0.717) is 0 Å². The first-order chi connectivity index (χ1) is 6.25. The van der Waals surface area contributed by atoms with E-state index in [0.717, 1.165) is 26.1 Å². The van der Waals surface area contributed by atoms with Gasteiger partial charge in [-0.15, -0.1) is 0 Å². The first-order valence-electron chi connectivity index (χ1n) is 4.67. The van der Waals surface area contributed by atoms with Gasteiger partial charge in [-0.2, -0.15) is 5.10 Å². The van der Waals surface area contributed by atoms with Gasteiger partial charge in [0.2, 0.25) is 0 Å². The summed E-state index contributed by atoms with van der Waals surface area (Å²) in [5, 5.41) is 16.2. The maximum absolute atomic E-state index is 9.24. The number of hydrogen-bond donors (Lipinski definition) is 2. The number of hydrogen-bond acceptors (Lipinski definition) is 3. The van der Waals surface area contributed by atoms with E-state index in [1.54, 1.807) is 0 Å². The third-order valence-corrected chi connectivity index (χ3v) is 2.41. The minimum Gasteiger partial charge on any atom is -0.392 e. The molecule has 2 N–H and O–H groups in total. The van der Waals surface area contributed by atoms with Crippen LogP contribution < -0.4 is 0 Å². The maximum Gasteiger partial charge on any atom is 0.0639 e. The molecule has 0 fully saturated rings. The van der Waals surface area contributed by atoms with Gasteiger partial charge in [-0.1, -0.05) is 0 Å². The molecule has 0 aromatic carbocycles. The molecule has 2 heterocycles. The van der Waals surface area contributed by atoms with Crippen molar-refractivity contribution in [3.63, 3.8) is 0 Å². The summed E-state index contributed by atoms with van der Waals surface area (Å²) in [6.45, 7) is 4.48. The number of β-amino-alcohol motifs (C(OH)–C–C–N with tert-alkyl or cyclic N) is 1. The molecule has 0 saturated heterocycles. The highest BCUT2D eigenvalue weighted by Gasteiger charge is 2.18. The molecular weight excluding hydrogens is 166 g/mol. The first kappa shape index (κ1) is 8.72. The van der Waals surface area contributed by atoms with Gasteiger partial charge in [0.25, 0.3) is 0 Å². The summed E-state index contributed by atoms with van der Waals surface area (Å²) in [4.78, 5) is 2.24. The zero-order valence-corrected chi connectivity index (χ0v) is 7.82. The third kappa shape index (κ3) is 1.89. The predicted octanol–water partition coefficient (Wildman–Crippen LogP) is 0.149. The Hall–Kier alpha value is -0.870. The van der Waals surface area contributed by atoms with Gasteiger partial charge in [0.15, 0.2) is 0 Å². The Labute approximate surface area is 77.6 Å². The molecule has 0 saturated carbocycles. The Morgan fingerprint density at radius 2 is 2.62 bits per heavy atom. The molecule has 0 aliphatic carbocycles. The molecule has 0 radical (unpaired) electrons. The van der Waals surface area contributed by atoms with E-state index in [9.17, 15) is 5.11 Å². The van der Waals surface area contributed by atoms with Gasteiger partial charge >= 0.3 is 0 Å². The fourth-order valence-electron chi connectivity index (χ4n) is 1.80. The lowest BCUT2D eigenvalue weighted by atomic mass is 10.1. The molecule has 2 rings (SSSR count). The van der Waals surface area contributed by atoms with Gasteiger partial charge in [0.1, 0.15) is 0 Å². The molecule has 13 heavy (non-hydrogen) atoms. The number of aromatic nitrogens is 2. The Balaban J connectivity index is 2.00. The Morgan fingerprint density at radius 1 is 1.77 bits per heavy atom. The predicted molar refractivity (Wildman–Crippen MR) is 49.2 cm³/mol. The largest absolute Gasteiger partial charge is 0.392 e. The Bertz CT molecular complexity index is 282. The van der Waals surface area contributed by atoms with E-state index >= 15 is 0 Å². The minimum absolute atomic E-state index is 0.246. The van der Waals surface area contributed by atoms with Crippen LogP contribution in [0.3, 0.4) is 0 Å². The number of rotatable bonds is 2. The second-order valence-electron chi connectivity index (χ2n) is 3.71. The van der Waals surface area contributed by atoms with E-state index in [4.69, 9.17) is 0 Å². The highest BCUT2D eigenvalue weighted by Crippen LogP contribution is 2.15. The molecular formula is C9H15N3O. The smallest absolute Gasteiger partial charge is 0.0639 e. The van der Waals surface area contributed by atoms with E-state index in [2.05, 4.69) is 15.1 Å². The topological polar surface area (TPSA) is 52.1 Å². The van der Waals surface area contributed by atoms with E-state index in [-0.39, 0.29) is 6.10 Å². The van der Waals surface area contributed by atoms with Crippen LogP contribution in [0.4, 0.5) is 0 Å². The van der Waals surface area contributed by atoms with Crippen molar-refractivity contribution in [2.45, 2.75) is 26.0 Å². The van der Waals surface area contributed by atoms with Gasteiger partial charge in [-0.25, -0.2) is 0 Å². The van der Waals surface area contributed by atoms with Crippen LogP contribution in [0.15, 0.2) is 6.20 Å². The van der Waals surface area contributed by atoms with Crippen LogP contribution in [0.25, 0.3) is 0 Å². The van der Waals surface area contributed by atoms with Gasteiger partial charge < -0.3 is 5.11 Å². The molecule has 0 bridgehead atoms. The van der Waals surface area contributed by atoms with Gasteiger partial charge in [-0.3, -0.25) is 10.00 Å². The van der Waals surface area contributed by atoms with Crippen molar-refractivity contribution >= 4 is 0 Å². The number of fused-ring (bicyclic) bond motifs is 1. The summed E-state index contributed by atoms with van der Waals surface area (Å²) in [5.74, 6) is 0.